The van der Waals surface area contributed by atoms with Gasteiger partial charge in [0.25, 0.3) is 5.50 Å². The van der Waals surface area contributed by atoms with Crippen molar-refractivity contribution in [1.29, 1.82) is 0 Å². The molecule has 5 nitrogen and oxygen atoms in total. The molecule has 0 aromatic heterocycles. The van der Waals surface area contributed by atoms with Gasteiger partial charge in [0.05, 0.1) is 6.61 Å². The number of alkyl halides is 2. The maximum atomic E-state index is 13.1. The minimum Gasteiger partial charge on any atom is -0.463 e. The molecule has 1 N–H and O–H groups in total. The summed E-state index contributed by atoms with van der Waals surface area (Å²) < 4.78 is 59.6. The smallest absolute Gasteiger partial charge is 0.345 e. The summed E-state index contributed by atoms with van der Waals surface area (Å²) >= 11 is 0. The third-order valence-electron chi connectivity index (χ3n) is 3.18. The first kappa shape index (κ1) is 16.3. The number of carbonyl (C=O) groups excluding carboxylic acids is 1. The Kier molecular flexibility index (Phi) is 6.12. The van der Waals surface area contributed by atoms with Crippen LogP contribution in [0.25, 0.3) is 0 Å². The molecule has 0 spiro atoms. The van der Waals surface area contributed by atoms with Crippen LogP contribution in [0, 0.1) is 5.92 Å². The van der Waals surface area contributed by atoms with E-state index in [9.17, 15) is 22.0 Å². The van der Waals surface area contributed by atoms with E-state index in [1.54, 1.807) is 0 Å². The fourth-order valence-electron chi connectivity index (χ4n) is 2.07. The van der Waals surface area contributed by atoms with Crippen LogP contribution in [0.2, 0.25) is 0 Å². The van der Waals surface area contributed by atoms with Crippen LogP contribution in [0.1, 0.15) is 38.5 Å². The molecule has 2 atom stereocenters. The lowest BCUT2D eigenvalue weighted by Gasteiger charge is -2.16. The molecule has 8 heteroatoms. The molecule has 1 rings (SSSR count). The molecule has 0 heterocycles. The van der Waals surface area contributed by atoms with Gasteiger partial charge >= 0.3 is 16.1 Å². The van der Waals surface area contributed by atoms with E-state index in [1.165, 1.54) is 0 Å². The van der Waals surface area contributed by atoms with Gasteiger partial charge in [0.15, 0.2) is 0 Å². The molecule has 0 amide bonds. The fourth-order valence-corrected chi connectivity index (χ4v) is 2.48. The Morgan fingerprint density at radius 3 is 2.21 bits per heavy atom. The van der Waals surface area contributed by atoms with Crippen molar-refractivity contribution in [2.24, 2.45) is 5.92 Å². The standard InChI is InChI=1S/C11H18F2O5S/c12-9(10(13)19(15,16)17)11(14)18-7-8-5-3-1-2-4-6-8/h8-10H,1-7H2,(H,15,16,17). The van der Waals surface area contributed by atoms with Crippen LogP contribution in [0.4, 0.5) is 8.78 Å². The normalized spacial score (nSPS) is 21.4. The number of hydrogen-bond acceptors (Lipinski definition) is 4. The number of rotatable bonds is 5. The molecule has 0 aliphatic heterocycles. The summed E-state index contributed by atoms with van der Waals surface area (Å²) in [6.07, 6.45) is 2.89. The Morgan fingerprint density at radius 1 is 1.21 bits per heavy atom. The van der Waals surface area contributed by atoms with Crippen LogP contribution in [-0.4, -0.2) is 37.2 Å². The van der Waals surface area contributed by atoms with E-state index >= 15 is 0 Å². The maximum absolute atomic E-state index is 13.1. The monoisotopic (exact) mass is 300 g/mol. The van der Waals surface area contributed by atoms with E-state index in [0.717, 1.165) is 38.5 Å². The zero-order valence-electron chi connectivity index (χ0n) is 10.4. The van der Waals surface area contributed by atoms with Crippen molar-refractivity contribution in [3.05, 3.63) is 0 Å². The van der Waals surface area contributed by atoms with Gasteiger partial charge in [-0.25, -0.2) is 13.6 Å². The van der Waals surface area contributed by atoms with Crippen molar-refractivity contribution in [3.63, 3.8) is 0 Å². The van der Waals surface area contributed by atoms with Crippen LogP contribution in [0.5, 0.6) is 0 Å². The third kappa shape index (κ3) is 5.40. The first-order valence-electron chi connectivity index (χ1n) is 6.23. The molecule has 0 aromatic rings. The van der Waals surface area contributed by atoms with E-state index in [4.69, 9.17) is 4.55 Å². The van der Waals surface area contributed by atoms with Gasteiger partial charge in [-0.2, -0.15) is 8.42 Å². The first-order chi connectivity index (χ1) is 8.82. The van der Waals surface area contributed by atoms with Crippen LogP contribution in [0.3, 0.4) is 0 Å². The van der Waals surface area contributed by atoms with Gasteiger partial charge in [-0.1, -0.05) is 25.7 Å². The van der Waals surface area contributed by atoms with Gasteiger partial charge in [-0.3, -0.25) is 4.55 Å². The molecule has 112 valence electrons. The summed E-state index contributed by atoms with van der Waals surface area (Å²) in [6.45, 7) is -0.0442. The van der Waals surface area contributed by atoms with Crippen molar-refractivity contribution < 1.29 is 31.3 Å². The molecular formula is C11H18F2O5S. The quantitative estimate of drug-likeness (QED) is 0.477. The predicted molar refractivity (Wildman–Crippen MR) is 63.5 cm³/mol. The summed E-state index contributed by atoms with van der Waals surface area (Å²) in [5.74, 6) is -1.49. The average Bonchev–Trinajstić information content (AvgIpc) is 2.61. The summed E-state index contributed by atoms with van der Waals surface area (Å²) in [7, 11) is -5.24. The van der Waals surface area contributed by atoms with Gasteiger partial charge in [-0.15, -0.1) is 0 Å². The molecule has 0 aromatic carbocycles. The summed E-state index contributed by atoms with van der Waals surface area (Å²) in [6, 6.07) is 0. The predicted octanol–water partition coefficient (Wildman–Crippen LogP) is 2.02. The maximum Gasteiger partial charge on any atom is 0.345 e. The average molecular weight is 300 g/mol. The highest BCUT2D eigenvalue weighted by Crippen LogP contribution is 2.23. The van der Waals surface area contributed by atoms with Gasteiger partial charge in [0.1, 0.15) is 0 Å². The van der Waals surface area contributed by atoms with Crippen LogP contribution in [-0.2, 0) is 19.6 Å². The molecule has 0 radical (unpaired) electrons. The topological polar surface area (TPSA) is 80.7 Å². The lowest BCUT2D eigenvalue weighted by molar-refractivity contribution is -0.152. The molecule has 1 fully saturated rings. The molecule has 2 unspecified atom stereocenters. The summed E-state index contributed by atoms with van der Waals surface area (Å²) in [5.41, 5.74) is -3.30. The Bertz CT molecular complexity index is 390. The number of esters is 1. The highest BCUT2D eigenvalue weighted by atomic mass is 32.2. The second-order valence-electron chi connectivity index (χ2n) is 4.76. The summed E-state index contributed by atoms with van der Waals surface area (Å²) in [5, 5.41) is 0. The lowest BCUT2D eigenvalue weighted by Crippen LogP contribution is -2.35. The van der Waals surface area contributed by atoms with Gasteiger partial charge in [0, 0.05) is 0 Å². The number of ether oxygens (including phenoxy) is 1. The molecule has 19 heavy (non-hydrogen) atoms. The Balaban J connectivity index is 2.41. The Labute approximate surface area is 111 Å². The summed E-state index contributed by atoms with van der Waals surface area (Å²) in [4.78, 5) is 11.1. The Morgan fingerprint density at radius 2 is 1.74 bits per heavy atom. The van der Waals surface area contributed by atoms with Crippen LogP contribution in [0.15, 0.2) is 0 Å². The number of carbonyl (C=O) groups is 1. The van der Waals surface area contributed by atoms with Crippen LogP contribution >= 0.6 is 0 Å². The molecule has 1 saturated carbocycles. The number of hydrogen-bond donors (Lipinski definition) is 1. The van der Waals surface area contributed by atoms with Gasteiger partial charge < -0.3 is 4.74 Å². The van der Waals surface area contributed by atoms with E-state index in [2.05, 4.69) is 4.74 Å². The van der Waals surface area contributed by atoms with Crippen molar-refractivity contribution in [3.8, 4) is 0 Å². The van der Waals surface area contributed by atoms with E-state index < -0.39 is 27.8 Å². The highest BCUT2D eigenvalue weighted by Gasteiger charge is 2.39. The molecule has 1 aliphatic carbocycles. The second kappa shape index (κ2) is 7.14. The lowest BCUT2D eigenvalue weighted by atomic mass is 10.0. The zero-order valence-corrected chi connectivity index (χ0v) is 11.2. The van der Waals surface area contributed by atoms with E-state index in [1.807, 2.05) is 0 Å². The fraction of sp³-hybridized carbons (Fsp3) is 0.909. The van der Waals surface area contributed by atoms with Gasteiger partial charge in [-0.05, 0) is 18.8 Å². The third-order valence-corrected chi connectivity index (χ3v) is 3.98. The highest BCUT2D eigenvalue weighted by molar-refractivity contribution is 7.86. The van der Waals surface area contributed by atoms with Crippen LogP contribution < -0.4 is 0 Å². The van der Waals surface area contributed by atoms with E-state index in [0.29, 0.717) is 0 Å². The van der Waals surface area contributed by atoms with Crippen molar-refractivity contribution >= 4 is 16.1 Å². The molecule has 0 bridgehead atoms. The van der Waals surface area contributed by atoms with E-state index in [-0.39, 0.29) is 12.5 Å². The Hall–Kier alpha value is -0.760. The molecular weight excluding hydrogens is 282 g/mol. The van der Waals surface area contributed by atoms with Crippen molar-refractivity contribution in [2.45, 2.75) is 50.2 Å². The van der Waals surface area contributed by atoms with Gasteiger partial charge in [0.2, 0.25) is 6.17 Å². The zero-order chi connectivity index (χ0) is 14.5. The molecule has 0 saturated heterocycles. The molecule has 1 aliphatic rings. The minimum atomic E-state index is -5.24. The second-order valence-corrected chi connectivity index (χ2v) is 6.24. The SMILES string of the molecule is O=C(OCC1CCCCCC1)C(F)C(F)S(=O)(=O)O. The largest absolute Gasteiger partial charge is 0.463 e. The minimum absolute atomic E-state index is 0.0442. The van der Waals surface area contributed by atoms with Crippen molar-refractivity contribution in [2.75, 3.05) is 6.61 Å². The first-order valence-corrected chi connectivity index (χ1v) is 7.73. The van der Waals surface area contributed by atoms with Crippen molar-refractivity contribution in [1.82, 2.24) is 0 Å². The number of halogens is 2.